The Morgan fingerprint density at radius 2 is 2.07 bits per heavy atom. The van der Waals surface area contributed by atoms with Crippen molar-refractivity contribution in [1.82, 2.24) is 15.6 Å². The Morgan fingerprint density at radius 1 is 1.26 bits per heavy atom. The van der Waals surface area contributed by atoms with Gasteiger partial charge in [-0.15, -0.1) is 0 Å². The maximum Gasteiger partial charge on any atom is 0.269 e. The number of nitrogens with zero attached hydrogens (tertiary/aromatic N) is 1. The van der Waals surface area contributed by atoms with Crippen LogP contribution in [0.1, 0.15) is 36.2 Å². The summed E-state index contributed by atoms with van der Waals surface area (Å²) >= 11 is 5.95. The molecule has 6 nitrogen and oxygen atoms in total. The molecule has 7 heteroatoms. The molecule has 2 N–H and O–H groups in total. The minimum Gasteiger partial charge on any atom is -0.368 e. The number of aromatic nitrogens is 1. The standard InChI is InChI=1S/C20H22ClN3O3/c1-13(23-19(25)12-27-16-3-2-4-16)9-10-22-20(26)18-7-5-14-11-15(21)6-8-17(14)24-18/h5-8,11,16H,1-4,9-10,12H2,(H,22,26)(H,23,25). The molecule has 0 aliphatic heterocycles. The van der Waals surface area contributed by atoms with Crippen molar-refractivity contribution in [1.29, 1.82) is 0 Å². The Morgan fingerprint density at radius 3 is 2.81 bits per heavy atom. The molecular weight excluding hydrogens is 366 g/mol. The second-order valence-electron chi connectivity index (χ2n) is 6.56. The SMILES string of the molecule is C=C(CCNC(=O)c1ccc2cc(Cl)ccc2n1)NC(=O)COC1CCC1. The predicted molar refractivity (Wildman–Crippen MR) is 105 cm³/mol. The molecule has 0 bridgehead atoms. The van der Waals surface area contributed by atoms with Crippen molar-refractivity contribution >= 4 is 34.3 Å². The largest absolute Gasteiger partial charge is 0.368 e. The number of amides is 2. The highest BCUT2D eigenvalue weighted by Gasteiger charge is 2.19. The Bertz CT molecular complexity index is 865. The molecule has 0 atom stereocenters. The molecule has 27 heavy (non-hydrogen) atoms. The number of halogens is 1. The van der Waals surface area contributed by atoms with Gasteiger partial charge >= 0.3 is 0 Å². The van der Waals surface area contributed by atoms with E-state index in [2.05, 4.69) is 22.2 Å². The van der Waals surface area contributed by atoms with E-state index in [0.29, 0.717) is 34.9 Å². The molecule has 2 aromatic rings. The fourth-order valence-corrected chi connectivity index (χ4v) is 2.85. The predicted octanol–water partition coefficient (Wildman–Crippen LogP) is 3.21. The zero-order valence-corrected chi connectivity index (χ0v) is 15.7. The molecule has 1 aliphatic rings. The highest BCUT2D eigenvalue weighted by atomic mass is 35.5. The summed E-state index contributed by atoms with van der Waals surface area (Å²) in [6, 6.07) is 8.77. The van der Waals surface area contributed by atoms with Crippen LogP contribution >= 0.6 is 11.6 Å². The van der Waals surface area contributed by atoms with Gasteiger partial charge in [0.2, 0.25) is 5.91 Å². The second kappa shape index (κ2) is 8.97. The molecule has 1 saturated carbocycles. The van der Waals surface area contributed by atoms with Gasteiger partial charge < -0.3 is 15.4 Å². The molecule has 0 spiro atoms. The minimum atomic E-state index is -0.278. The number of ether oxygens (including phenoxy) is 1. The smallest absolute Gasteiger partial charge is 0.269 e. The van der Waals surface area contributed by atoms with Gasteiger partial charge in [0, 0.05) is 29.1 Å². The summed E-state index contributed by atoms with van der Waals surface area (Å²) in [5, 5.41) is 6.96. The Hall–Kier alpha value is -2.44. The lowest BCUT2D eigenvalue weighted by Crippen LogP contribution is -2.33. The number of pyridine rings is 1. The van der Waals surface area contributed by atoms with Crippen LogP contribution in [0.25, 0.3) is 10.9 Å². The van der Waals surface area contributed by atoms with Gasteiger partial charge in [-0.3, -0.25) is 9.59 Å². The lowest BCUT2D eigenvalue weighted by Gasteiger charge is -2.25. The van der Waals surface area contributed by atoms with Crippen molar-refractivity contribution in [3.63, 3.8) is 0 Å². The summed E-state index contributed by atoms with van der Waals surface area (Å²) in [6.45, 7) is 4.20. The molecular formula is C20H22ClN3O3. The van der Waals surface area contributed by atoms with E-state index in [4.69, 9.17) is 16.3 Å². The average molecular weight is 388 g/mol. The summed E-state index contributed by atoms with van der Waals surface area (Å²) in [7, 11) is 0. The quantitative estimate of drug-likeness (QED) is 0.728. The first-order chi connectivity index (χ1) is 13.0. The third-order valence-corrected chi connectivity index (χ3v) is 4.65. The van der Waals surface area contributed by atoms with Crippen LogP contribution in [-0.4, -0.2) is 36.1 Å². The maximum atomic E-state index is 12.2. The number of hydrogen-bond donors (Lipinski definition) is 2. The molecule has 2 amide bonds. The van der Waals surface area contributed by atoms with Crippen LogP contribution < -0.4 is 10.6 Å². The van der Waals surface area contributed by atoms with Crippen molar-refractivity contribution in [2.45, 2.75) is 31.8 Å². The zero-order valence-electron chi connectivity index (χ0n) is 15.0. The van der Waals surface area contributed by atoms with E-state index in [1.54, 1.807) is 24.3 Å². The molecule has 0 saturated heterocycles. The van der Waals surface area contributed by atoms with E-state index < -0.39 is 0 Å². The van der Waals surface area contributed by atoms with Gasteiger partial charge in [0.05, 0.1) is 11.6 Å². The number of nitrogens with one attached hydrogen (secondary N) is 2. The molecule has 3 rings (SSSR count). The average Bonchev–Trinajstić information content (AvgIpc) is 2.59. The van der Waals surface area contributed by atoms with Gasteiger partial charge in [0.1, 0.15) is 12.3 Å². The zero-order chi connectivity index (χ0) is 19.2. The number of rotatable bonds is 8. The van der Waals surface area contributed by atoms with Crippen LogP contribution in [0.15, 0.2) is 42.6 Å². The Balaban J connectivity index is 1.41. The van der Waals surface area contributed by atoms with E-state index in [-0.39, 0.29) is 24.5 Å². The number of benzene rings is 1. The molecule has 1 aromatic carbocycles. The summed E-state index contributed by atoms with van der Waals surface area (Å²) in [5.74, 6) is -0.493. The minimum absolute atomic E-state index is 0.0427. The molecule has 142 valence electrons. The van der Waals surface area contributed by atoms with E-state index in [1.807, 2.05) is 6.07 Å². The van der Waals surface area contributed by atoms with E-state index >= 15 is 0 Å². The number of carbonyl (C=O) groups is 2. The van der Waals surface area contributed by atoms with Crippen LogP contribution in [0, 0.1) is 0 Å². The second-order valence-corrected chi connectivity index (χ2v) is 6.99. The van der Waals surface area contributed by atoms with E-state index in [1.165, 1.54) is 6.42 Å². The van der Waals surface area contributed by atoms with Crippen molar-refractivity contribution in [3.8, 4) is 0 Å². The van der Waals surface area contributed by atoms with Crippen LogP contribution in [0.4, 0.5) is 0 Å². The first kappa shape index (κ1) is 19.3. The highest BCUT2D eigenvalue weighted by molar-refractivity contribution is 6.31. The van der Waals surface area contributed by atoms with Crippen LogP contribution in [0.5, 0.6) is 0 Å². The van der Waals surface area contributed by atoms with Crippen molar-refractivity contribution in [3.05, 3.63) is 53.3 Å². The maximum absolute atomic E-state index is 12.2. The van der Waals surface area contributed by atoms with Crippen molar-refractivity contribution in [2.24, 2.45) is 0 Å². The third-order valence-electron chi connectivity index (χ3n) is 4.41. The first-order valence-corrected chi connectivity index (χ1v) is 9.33. The van der Waals surface area contributed by atoms with Gasteiger partial charge in [-0.05, 0) is 43.5 Å². The number of hydrogen-bond acceptors (Lipinski definition) is 4. The lowest BCUT2D eigenvalue weighted by molar-refractivity contribution is -0.128. The summed E-state index contributed by atoms with van der Waals surface area (Å²) < 4.78 is 5.44. The van der Waals surface area contributed by atoms with Gasteiger partial charge in [-0.1, -0.05) is 24.2 Å². The summed E-state index contributed by atoms with van der Waals surface area (Å²) in [5.41, 5.74) is 1.57. The topological polar surface area (TPSA) is 80.3 Å². The summed E-state index contributed by atoms with van der Waals surface area (Å²) in [4.78, 5) is 28.3. The normalized spacial score (nSPS) is 13.8. The third kappa shape index (κ3) is 5.52. The highest BCUT2D eigenvalue weighted by Crippen LogP contribution is 2.21. The van der Waals surface area contributed by atoms with Crippen molar-refractivity contribution < 1.29 is 14.3 Å². The molecule has 1 aromatic heterocycles. The number of carbonyl (C=O) groups excluding carboxylic acids is 2. The monoisotopic (exact) mass is 387 g/mol. The van der Waals surface area contributed by atoms with Crippen LogP contribution in [0.2, 0.25) is 5.02 Å². The molecule has 1 aliphatic carbocycles. The van der Waals surface area contributed by atoms with Gasteiger partial charge in [-0.2, -0.15) is 0 Å². The lowest BCUT2D eigenvalue weighted by atomic mass is 9.96. The molecule has 1 heterocycles. The Labute approximate surface area is 162 Å². The molecule has 0 radical (unpaired) electrons. The van der Waals surface area contributed by atoms with E-state index in [9.17, 15) is 9.59 Å². The van der Waals surface area contributed by atoms with Crippen LogP contribution in [-0.2, 0) is 9.53 Å². The Kier molecular flexibility index (Phi) is 6.42. The fraction of sp³-hybridized carbons (Fsp3) is 0.350. The molecule has 1 fully saturated rings. The molecule has 0 unspecified atom stereocenters. The summed E-state index contributed by atoms with van der Waals surface area (Å²) in [6.07, 6.45) is 3.86. The van der Waals surface area contributed by atoms with Gasteiger partial charge in [0.15, 0.2) is 0 Å². The van der Waals surface area contributed by atoms with Crippen LogP contribution in [0.3, 0.4) is 0 Å². The first-order valence-electron chi connectivity index (χ1n) is 8.95. The number of fused-ring (bicyclic) bond motifs is 1. The van der Waals surface area contributed by atoms with Gasteiger partial charge in [0.25, 0.3) is 5.91 Å². The fourth-order valence-electron chi connectivity index (χ4n) is 2.67. The van der Waals surface area contributed by atoms with Crippen molar-refractivity contribution in [2.75, 3.05) is 13.2 Å². The van der Waals surface area contributed by atoms with E-state index in [0.717, 1.165) is 18.2 Å². The van der Waals surface area contributed by atoms with Gasteiger partial charge in [-0.25, -0.2) is 4.98 Å².